The highest BCUT2D eigenvalue weighted by molar-refractivity contribution is 7.89. The molecule has 8 heteroatoms. The van der Waals surface area contributed by atoms with Crippen LogP contribution in [0.2, 0.25) is 0 Å². The highest BCUT2D eigenvalue weighted by Gasteiger charge is 2.26. The Morgan fingerprint density at radius 1 is 1.04 bits per heavy atom. The number of benzene rings is 1. The predicted molar refractivity (Wildman–Crippen MR) is 99.3 cm³/mol. The number of carbonyl (C=O) groups is 2. The maximum Gasteiger partial charge on any atom is 0.251 e. The lowest BCUT2D eigenvalue weighted by Crippen LogP contribution is -2.40. The molecule has 1 aliphatic heterocycles. The summed E-state index contributed by atoms with van der Waals surface area (Å²) in [5.74, 6) is -0.542. The van der Waals surface area contributed by atoms with Crippen LogP contribution >= 0.6 is 0 Å². The second kappa shape index (κ2) is 9.14. The first-order chi connectivity index (χ1) is 12.4. The molecule has 1 aromatic carbocycles. The zero-order valence-corrected chi connectivity index (χ0v) is 16.2. The molecular formula is C18H27N3O4S. The number of amides is 2. The molecule has 0 spiro atoms. The van der Waals surface area contributed by atoms with Gasteiger partial charge in [-0.15, -0.1) is 0 Å². The van der Waals surface area contributed by atoms with Gasteiger partial charge in [0.2, 0.25) is 15.9 Å². The first-order valence-electron chi connectivity index (χ1n) is 9.06. The molecule has 1 aromatic rings. The van der Waals surface area contributed by atoms with Crippen LogP contribution in [0.1, 0.15) is 43.5 Å². The first-order valence-corrected chi connectivity index (χ1v) is 10.5. The predicted octanol–water partition coefficient (Wildman–Crippen LogP) is 1.46. The van der Waals surface area contributed by atoms with Crippen molar-refractivity contribution in [2.45, 2.75) is 38.0 Å². The molecule has 1 heterocycles. The van der Waals surface area contributed by atoms with Crippen LogP contribution in [0.4, 0.5) is 0 Å². The van der Waals surface area contributed by atoms with Crippen molar-refractivity contribution in [3.05, 3.63) is 29.8 Å². The quantitative estimate of drug-likeness (QED) is 0.775. The van der Waals surface area contributed by atoms with E-state index >= 15 is 0 Å². The molecular weight excluding hydrogens is 354 g/mol. The summed E-state index contributed by atoms with van der Waals surface area (Å²) >= 11 is 0. The maximum atomic E-state index is 12.6. The number of rotatable bonds is 7. The number of piperidine rings is 1. The van der Waals surface area contributed by atoms with Gasteiger partial charge in [-0.1, -0.05) is 6.42 Å². The number of carbonyl (C=O) groups excluding carboxylic acids is 2. The molecule has 2 rings (SSSR count). The number of nitrogens with one attached hydrogen (secondary N) is 1. The Kier molecular flexibility index (Phi) is 7.16. The normalized spacial score (nSPS) is 15.5. The molecule has 0 bridgehead atoms. The lowest BCUT2D eigenvalue weighted by Gasteiger charge is -2.25. The molecule has 0 aliphatic carbocycles. The summed E-state index contributed by atoms with van der Waals surface area (Å²) < 4.78 is 26.7. The smallest absolute Gasteiger partial charge is 0.251 e. The van der Waals surface area contributed by atoms with Gasteiger partial charge in [-0.3, -0.25) is 9.59 Å². The molecule has 0 atom stereocenters. The van der Waals surface area contributed by atoms with Gasteiger partial charge in [0.25, 0.3) is 5.91 Å². The summed E-state index contributed by atoms with van der Waals surface area (Å²) in [6, 6.07) is 5.86. The van der Waals surface area contributed by atoms with Gasteiger partial charge in [0.15, 0.2) is 0 Å². The Bertz CT molecular complexity index is 721. The molecule has 1 N–H and O–H groups in total. The molecule has 1 saturated heterocycles. The van der Waals surface area contributed by atoms with E-state index in [9.17, 15) is 18.0 Å². The van der Waals surface area contributed by atoms with Gasteiger partial charge in [-0.05, 0) is 51.0 Å². The standard InChI is InChI=1S/C18H27N3O4S/c1-3-20(4-2)17(22)14-19-18(23)15-8-10-16(11-9-15)26(24,25)21-12-6-5-7-13-21/h8-11H,3-7,12-14H2,1-2H3,(H,19,23). The van der Waals surface area contributed by atoms with Crippen LogP contribution in [0, 0.1) is 0 Å². The third-order valence-electron chi connectivity index (χ3n) is 4.59. The summed E-state index contributed by atoms with van der Waals surface area (Å²) in [5, 5.41) is 2.58. The number of hydrogen-bond donors (Lipinski definition) is 1. The topological polar surface area (TPSA) is 86.8 Å². The fraction of sp³-hybridized carbons (Fsp3) is 0.556. The van der Waals surface area contributed by atoms with Gasteiger partial charge >= 0.3 is 0 Å². The van der Waals surface area contributed by atoms with Crippen molar-refractivity contribution in [1.82, 2.24) is 14.5 Å². The highest BCUT2D eigenvalue weighted by Crippen LogP contribution is 2.20. The van der Waals surface area contributed by atoms with Crippen molar-refractivity contribution in [1.29, 1.82) is 0 Å². The van der Waals surface area contributed by atoms with Gasteiger partial charge < -0.3 is 10.2 Å². The second-order valence-corrected chi connectivity index (χ2v) is 8.18. The van der Waals surface area contributed by atoms with Gasteiger partial charge in [-0.25, -0.2) is 8.42 Å². The van der Waals surface area contributed by atoms with E-state index in [-0.39, 0.29) is 17.3 Å². The van der Waals surface area contributed by atoms with Crippen molar-refractivity contribution >= 4 is 21.8 Å². The van der Waals surface area contributed by atoms with E-state index in [1.807, 2.05) is 13.8 Å². The van der Waals surface area contributed by atoms with E-state index in [1.165, 1.54) is 28.6 Å². The monoisotopic (exact) mass is 381 g/mol. The lowest BCUT2D eigenvalue weighted by molar-refractivity contribution is -0.129. The Labute approximate surface area is 155 Å². The average Bonchev–Trinajstić information content (AvgIpc) is 2.68. The number of hydrogen-bond acceptors (Lipinski definition) is 4. The van der Waals surface area contributed by atoms with Crippen molar-refractivity contribution in [3.8, 4) is 0 Å². The Morgan fingerprint density at radius 3 is 2.15 bits per heavy atom. The van der Waals surface area contributed by atoms with Crippen LogP contribution in [-0.4, -0.2) is 62.2 Å². The summed E-state index contributed by atoms with van der Waals surface area (Å²) in [5.41, 5.74) is 0.329. The van der Waals surface area contributed by atoms with Gasteiger partial charge in [0, 0.05) is 31.7 Å². The van der Waals surface area contributed by atoms with E-state index < -0.39 is 15.9 Å². The number of nitrogens with zero attached hydrogens (tertiary/aromatic N) is 2. The SMILES string of the molecule is CCN(CC)C(=O)CNC(=O)c1ccc(S(=O)(=O)N2CCCCC2)cc1. The number of likely N-dealkylation sites (N-methyl/N-ethyl adjacent to an activating group) is 1. The molecule has 7 nitrogen and oxygen atoms in total. The van der Waals surface area contributed by atoms with Crippen molar-refractivity contribution in [2.24, 2.45) is 0 Å². The van der Waals surface area contributed by atoms with E-state index in [2.05, 4.69) is 5.32 Å². The zero-order valence-electron chi connectivity index (χ0n) is 15.4. The Morgan fingerprint density at radius 2 is 1.62 bits per heavy atom. The van der Waals surface area contributed by atoms with E-state index in [4.69, 9.17) is 0 Å². The molecule has 1 aliphatic rings. The van der Waals surface area contributed by atoms with Crippen LogP contribution in [0.15, 0.2) is 29.2 Å². The Hall–Kier alpha value is -1.93. The van der Waals surface area contributed by atoms with Crippen LogP contribution in [0.5, 0.6) is 0 Å². The molecule has 1 fully saturated rings. The fourth-order valence-electron chi connectivity index (χ4n) is 2.98. The third-order valence-corrected chi connectivity index (χ3v) is 6.50. The van der Waals surface area contributed by atoms with Gasteiger partial charge in [0.05, 0.1) is 11.4 Å². The summed E-state index contributed by atoms with van der Waals surface area (Å²) in [4.78, 5) is 25.9. The van der Waals surface area contributed by atoms with E-state index in [0.29, 0.717) is 31.7 Å². The molecule has 0 saturated carbocycles. The summed E-state index contributed by atoms with van der Waals surface area (Å²) in [6.07, 6.45) is 2.80. The minimum atomic E-state index is -3.51. The van der Waals surface area contributed by atoms with Crippen LogP contribution in [0.3, 0.4) is 0 Å². The summed E-state index contributed by atoms with van der Waals surface area (Å²) in [7, 11) is -3.51. The minimum absolute atomic E-state index is 0.0751. The Balaban J connectivity index is 2.00. The lowest BCUT2D eigenvalue weighted by atomic mass is 10.2. The van der Waals surface area contributed by atoms with Crippen LogP contribution < -0.4 is 5.32 Å². The zero-order chi connectivity index (χ0) is 19.2. The van der Waals surface area contributed by atoms with Gasteiger partial charge in [0.1, 0.15) is 0 Å². The van der Waals surface area contributed by atoms with E-state index in [1.54, 1.807) is 4.90 Å². The van der Waals surface area contributed by atoms with Gasteiger partial charge in [-0.2, -0.15) is 4.31 Å². The summed E-state index contributed by atoms with van der Waals surface area (Å²) in [6.45, 7) is 5.95. The maximum absolute atomic E-state index is 12.6. The largest absolute Gasteiger partial charge is 0.343 e. The molecule has 0 radical (unpaired) electrons. The fourth-order valence-corrected chi connectivity index (χ4v) is 4.50. The second-order valence-electron chi connectivity index (χ2n) is 6.24. The highest BCUT2D eigenvalue weighted by atomic mass is 32.2. The number of sulfonamides is 1. The molecule has 2 amide bonds. The molecule has 0 aromatic heterocycles. The van der Waals surface area contributed by atoms with Crippen LogP contribution in [-0.2, 0) is 14.8 Å². The average molecular weight is 381 g/mol. The minimum Gasteiger partial charge on any atom is -0.343 e. The van der Waals surface area contributed by atoms with Crippen molar-refractivity contribution in [3.63, 3.8) is 0 Å². The molecule has 26 heavy (non-hydrogen) atoms. The third kappa shape index (κ3) is 4.82. The first kappa shape index (κ1) is 20.4. The van der Waals surface area contributed by atoms with Crippen LogP contribution in [0.25, 0.3) is 0 Å². The molecule has 144 valence electrons. The molecule has 0 unspecified atom stereocenters. The van der Waals surface area contributed by atoms with Crippen molar-refractivity contribution in [2.75, 3.05) is 32.7 Å². The van der Waals surface area contributed by atoms with Crippen molar-refractivity contribution < 1.29 is 18.0 Å². The van der Waals surface area contributed by atoms with E-state index in [0.717, 1.165) is 19.3 Å².